The van der Waals surface area contributed by atoms with Crippen molar-refractivity contribution >= 4 is 22.5 Å². The Labute approximate surface area is 134 Å². The molecule has 22 heavy (non-hydrogen) atoms. The number of nitrogens with zero attached hydrogens (tertiary/aromatic N) is 2. The standard InChI is InChI=1S/C18H17ClN2O/c19-16-7-3-6-15-17(16)20-21(13-4-1-2-5-13)18(15)12-8-10-14(22)11-9-12/h3,6-11,13,22H,1-2,4-5H2. The normalized spacial score (nSPS) is 15.7. The van der Waals surface area contributed by atoms with E-state index in [1.54, 1.807) is 12.1 Å². The summed E-state index contributed by atoms with van der Waals surface area (Å²) < 4.78 is 2.15. The maximum Gasteiger partial charge on any atom is 0.115 e. The first kappa shape index (κ1) is 13.6. The highest BCUT2D eigenvalue weighted by Gasteiger charge is 2.23. The van der Waals surface area contributed by atoms with E-state index in [1.165, 1.54) is 12.8 Å². The zero-order valence-electron chi connectivity index (χ0n) is 12.2. The van der Waals surface area contributed by atoms with Crippen molar-refractivity contribution in [1.82, 2.24) is 9.78 Å². The first-order valence-corrected chi connectivity index (χ1v) is 8.08. The second kappa shape index (κ2) is 5.33. The smallest absolute Gasteiger partial charge is 0.115 e. The van der Waals surface area contributed by atoms with Gasteiger partial charge in [0, 0.05) is 10.9 Å². The quantitative estimate of drug-likeness (QED) is 0.708. The largest absolute Gasteiger partial charge is 0.508 e. The number of hydrogen-bond donors (Lipinski definition) is 1. The molecule has 1 N–H and O–H groups in total. The Hall–Kier alpha value is -2.00. The molecule has 112 valence electrons. The SMILES string of the molecule is Oc1ccc(-c2c3cccc(Cl)c3nn2C2CCCC2)cc1. The summed E-state index contributed by atoms with van der Waals surface area (Å²) in [7, 11) is 0. The monoisotopic (exact) mass is 312 g/mol. The van der Waals surface area contributed by atoms with Crippen molar-refractivity contribution < 1.29 is 5.11 Å². The van der Waals surface area contributed by atoms with Crippen molar-refractivity contribution in [3.05, 3.63) is 47.5 Å². The molecule has 1 heterocycles. The highest BCUT2D eigenvalue weighted by atomic mass is 35.5. The molecule has 0 spiro atoms. The minimum atomic E-state index is 0.276. The van der Waals surface area contributed by atoms with Crippen LogP contribution in [0.15, 0.2) is 42.5 Å². The third-order valence-electron chi connectivity index (χ3n) is 4.49. The number of benzene rings is 2. The van der Waals surface area contributed by atoms with Gasteiger partial charge in [-0.05, 0) is 43.2 Å². The number of hydrogen-bond acceptors (Lipinski definition) is 2. The Balaban J connectivity index is 1.98. The number of phenols is 1. The Bertz CT molecular complexity index is 817. The summed E-state index contributed by atoms with van der Waals surface area (Å²) >= 11 is 6.35. The lowest BCUT2D eigenvalue weighted by Crippen LogP contribution is -2.08. The summed E-state index contributed by atoms with van der Waals surface area (Å²) in [6, 6.07) is 13.7. The molecule has 2 aromatic carbocycles. The van der Waals surface area contributed by atoms with Crippen molar-refractivity contribution in [2.24, 2.45) is 0 Å². The summed E-state index contributed by atoms with van der Waals surface area (Å²) in [6.45, 7) is 0. The van der Waals surface area contributed by atoms with Crippen LogP contribution in [-0.2, 0) is 0 Å². The predicted molar refractivity (Wildman–Crippen MR) is 89.3 cm³/mol. The predicted octanol–water partition coefficient (Wildman–Crippen LogP) is 5.18. The summed E-state index contributed by atoms with van der Waals surface area (Å²) in [5, 5.41) is 16.1. The third kappa shape index (κ3) is 2.17. The van der Waals surface area contributed by atoms with Gasteiger partial charge in [-0.3, -0.25) is 4.68 Å². The van der Waals surface area contributed by atoms with Gasteiger partial charge in [0.1, 0.15) is 11.3 Å². The minimum Gasteiger partial charge on any atom is -0.508 e. The van der Waals surface area contributed by atoms with E-state index in [2.05, 4.69) is 10.7 Å². The Morgan fingerprint density at radius 2 is 1.77 bits per heavy atom. The molecule has 0 saturated heterocycles. The molecule has 0 unspecified atom stereocenters. The molecule has 3 nitrogen and oxygen atoms in total. The van der Waals surface area contributed by atoms with Gasteiger partial charge in [-0.2, -0.15) is 5.10 Å². The van der Waals surface area contributed by atoms with E-state index in [0.717, 1.165) is 35.0 Å². The number of aromatic nitrogens is 2. The molecule has 1 aliphatic carbocycles. The van der Waals surface area contributed by atoms with E-state index in [4.69, 9.17) is 16.7 Å². The number of rotatable bonds is 2. The van der Waals surface area contributed by atoms with Gasteiger partial charge in [-0.1, -0.05) is 36.6 Å². The molecule has 0 atom stereocenters. The molecule has 1 fully saturated rings. The Morgan fingerprint density at radius 1 is 1.05 bits per heavy atom. The molecule has 0 aliphatic heterocycles. The van der Waals surface area contributed by atoms with Crippen molar-refractivity contribution in [3.63, 3.8) is 0 Å². The van der Waals surface area contributed by atoms with Gasteiger partial charge < -0.3 is 5.11 Å². The van der Waals surface area contributed by atoms with Crippen molar-refractivity contribution in [2.45, 2.75) is 31.7 Å². The van der Waals surface area contributed by atoms with Crippen LogP contribution in [0.3, 0.4) is 0 Å². The van der Waals surface area contributed by atoms with E-state index in [9.17, 15) is 5.11 Å². The third-order valence-corrected chi connectivity index (χ3v) is 4.80. The fraction of sp³-hybridized carbons (Fsp3) is 0.278. The number of halogens is 1. The molecule has 0 bridgehead atoms. The maximum atomic E-state index is 9.55. The summed E-state index contributed by atoms with van der Waals surface area (Å²) in [6.07, 6.45) is 4.83. The number of fused-ring (bicyclic) bond motifs is 1. The van der Waals surface area contributed by atoms with Crippen LogP contribution >= 0.6 is 11.6 Å². The minimum absolute atomic E-state index is 0.276. The van der Waals surface area contributed by atoms with Crippen molar-refractivity contribution in [3.8, 4) is 17.0 Å². The van der Waals surface area contributed by atoms with E-state index < -0.39 is 0 Å². The van der Waals surface area contributed by atoms with Gasteiger partial charge in [0.15, 0.2) is 0 Å². The van der Waals surface area contributed by atoms with Gasteiger partial charge >= 0.3 is 0 Å². The van der Waals surface area contributed by atoms with Crippen LogP contribution in [-0.4, -0.2) is 14.9 Å². The van der Waals surface area contributed by atoms with Gasteiger partial charge in [0.25, 0.3) is 0 Å². The molecular weight excluding hydrogens is 296 g/mol. The topological polar surface area (TPSA) is 38.1 Å². The van der Waals surface area contributed by atoms with E-state index in [0.29, 0.717) is 11.1 Å². The van der Waals surface area contributed by atoms with Gasteiger partial charge in [-0.25, -0.2) is 0 Å². The summed E-state index contributed by atoms with van der Waals surface area (Å²) in [5.74, 6) is 0.276. The van der Waals surface area contributed by atoms with Gasteiger partial charge in [0.2, 0.25) is 0 Å². The average Bonchev–Trinajstić information content (AvgIpc) is 3.15. The second-order valence-electron chi connectivity index (χ2n) is 5.91. The lowest BCUT2D eigenvalue weighted by Gasteiger charge is -2.14. The molecular formula is C18H17ClN2O. The Kier molecular flexibility index (Phi) is 3.30. The van der Waals surface area contributed by atoms with Crippen LogP contribution in [0.2, 0.25) is 5.02 Å². The first-order chi connectivity index (χ1) is 10.7. The van der Waals surface area contributed by atoms with Gasteiger partial charge in [0.05, 0.1) is 16.8 Å². The molecule has 1 saturated carbocycles. The highest BCUT2D eigenvalue weighted by Crippen LogP contribution is 2.38. The fourth-order valence-corrected chi connectivity index (χ4v) is 3.62. The van der Waals surface area contributed by atoms with E-state index in [1.807, 2.05) is 24.3 Å². The van der Waals surface area contributed by atoms with Crippen LogP contribution in [0, 0.1) is 0 Å². The second-order valence-corrected chi connectivity index (χ2v) is 6.32. The summed E-state index contributed by atoms with van der Waals surface area (Å²) in [5.41, 5.74) is 3.03. The van der Waals surface area contributed by atoms with E-state index >= 15 is 0 Å². The van der Waals surface area contributed by atoms with Crippen LogP contribution in [0.25, 0.3) is 22.2 Å². The molecule has 0 radical (unpaired) electrons. The fourth-order valence-electron chi connectivity index (χ4n) is 3.41. The lowest BCUT2D eigenvalue weighted by molar-refractivity contribution is 0.473. The highest BCUT2D eigenvalue weighted by molar-refractivity contribution is 6.35. The van der Waals surface area contributed by atoms with Crippen molar-refractivity contribution in [2.75, 3.05) is 0 Å². The van der Waals surface area contributed by atoms with Crippen LogP contribution < -0.4 is 0 Å². The molecule has 1 aromatic heterocycles. The average molecular weight is 313 g/mol. The lowest BCUT2D eigenvalue weighted by atomic mass is 10.1. The van der Waals surface area contributed by atoms with Crippen LogP contribution in [0.5, 0.6) is 5.75 Å². The molecule has 4 rings (SSSR count). The summed E-state index contributed by atoms with van der Waals surface area (Å²) in [4.78, 5) is 0. The van der Waals surface area contributed by atoms with Gasteiger partial charge in [-0.15, -0.1) is 0 Å². The molecule has 0 amide bonds. The maximum absolute atomic E-state index is 9.55. The Morgan fingerprint density at radius 3 is 2.50 bits per heavy atom. The first-order valence-electron chi connectivity index (χ1n) is 7.70. The molecule has 4 heteroatoms. The molecule has 3 aromatic rings. The number of phenolic OH excluding ortho intramolecular Hbond substituents is 1. The van der Waals surface area contributed by atoms with Crippen LogP contribution in [0.4, 0.5) is 0 Å². The zero-order chi connectivity index (χ0) is 15.1. The van der Waals surface area contributed by atoms with E-state index in [-0.39, 0.29) is 5.75 Å². The zero-order valence-corrected chi connectivity index (χ0v) is 12.9. The number of aromatic hydroxyl groups is 1. The molecule has 1 aliphatic rings. The van der Waals surface area contributed by atoms with Crippen molar-refractivity contribution in [1.29, 1.82) is 0 Å². The van der Waals surface area contributed by atoms with Crippen LogP contribution in [0.1, 0.15) is 31.7 Å².